The molecule has 0 fully saturated rings. The third kappa shape index (κ3) is 3.70. The third-order valence-corrected chi connectivity index (χ3v) is 2.90. The van der Waals surface area contributed by atoms with Gasteiger partial charge in [0.25, 0.3) is 0 Å². The number of pyridine rings is 2. The van der Waals surface area contributed by atoms with Crippen molar-refractivity contribution in [2.24, 2.45) is 0 Å². The maximum absolute atomic E-state index is 12.6. The molecule has 2 heterocycles. The molecule has 5 nitrogen and oxygen atoms in total. The summed E-state index contributed by atoms with van der Waals surface area (Å²) in [4.78, 5) is 8.19. The van der Waals surface area contributed by atoms with Gasteiger partial charge >= 0.3 is 6.36 Å². The number of rotatable bonds is 4. The molecule has 2 N–H and O–H groups in total. The Hall–Kier alpha value is -2.22. The highest BCUT2D eigenvalue weighted by Crippen LogP contribution is 2.38. The lowest BCUT2D eigenvalue weighted by atomic mass is 10.1. The van der Waals surface area contributed by atoms with E-state index in [-0.39, 0.29) is 17.1 Å². The zero-order chi connectivity index (χ0) is 16.3. The molecule has 2 aromatic rings. The molecule has 0 aliphatic heterocycles. The van der Waals surface area contributed by atoms with Gasteiger partial charge in [-0.2, -0.15) is 0 Å². The maximum Gasteiger partial charge on any atom is 0.573 e. The van der Waals surface area contributed by atoms with Crippen LogP contribution < -0.4 is 15.4 Å². The summed E-state index contributed by atoms with van der Waals surface area (Å²) in [6.45, 7) is 0. The smallest absolute Gasteiger partial charge is 0.405 e. The number of alkyl halides is 3. The standard InChI is InChI=1S/C13H12ClF3N4O/c1-18-10-6-7(14)5-8(21-10)11-9(22-13(15,16)17)3-4-20-12(11)19-2/h3-6H,1-2H3,(H,18,21)(H,19,20). The maximum atomic E-state index is 12.6. The zero-order valence-corrected chi connectivity index (χ0v) is 12.4. The van der Waals surface area contributed by atoms with Crippen molar-refractivity contribution in [1.29, 1.82) is 0 Å². The fourth-order valence-electron chi connectivity index (χ4n) is 1.84. The minimum absolute atomic E-state index is 0.0707. The number of hydrogen-bond donors (Lipinski definition) is 2. The highest BCUT2D eigenvalue weighted by Gasteiger charge is 2.33. The summed E-state index contributed by atoms with van der Waals surface area (Å²) in [5.74, 6) is 0.189. The molecule has 0 aliphatic carbocycles. The van der Waals surface area contributed by atoms with Crippen LogP contribution in [0.2, 0.25) is 5.02 Å². The van der Waals surface area contributed by atoms with Crippen LogP contribution in [-0.2, 0) is 0 Å². The van der Waals surface area contributed by atoms with Gasteiger partial charge in [-0.05, 0) is 18.2 Å². The van der Waals surface area contributed by atoms with E-state index in [1.165, 1.54) is 19.3 Å². The summed E-state index contributed by atoms with van der Waals surface area (Å²) < 4.78 is 41.8. The van der Waals surface area contributed by atoms with Gasteiger partial charge in [-0.1, -0.05) is 11.6 Å². The molecule has 118 valence electrons. The molecule has 0 unspecified atom stereocenters. The van der Waals surface area contributed by atoms with E-state index in [4.69, 9.17) is 11.6 Å². The number of hydrogen-bond acceptors (Lipinski definition) is 5. The average molecular weight is 333 g/mol. The first kappa shape index (κ1) is 16.2. The Labute approximate surface area is 129 Å². The van der Waals surface area contributed by atoms with Crippen molar-refractivity contribution in [2.45, 2.75) is 6.36 Å². The van der Waals surface area contributed by atoms with Crippen molar-refractivity contribution in [3.8, 4) is 17.0 Å². The van der Waals surface area contributed by atoms with E-state index in [0.29, 0.717) is 10.8 Å². The van der Waals surface area contributed by atoms with E-state index in [2.05, 4.69) is 25.3 Å². The van der Waals surface area contributed by atoms with Crippen molar-refractivity contribution in [1.82, 2.24) is 9.97 Å². The molecule has 0 amide bonds. The first-order valence-electron chi connectivity index (χ1n) is 6.12. The van der Waals surface area contributed by atoms with Gasteiger partial charge in [0, 0.05) is 25.3 Å². The predicted octanol–water partition coefficient (Wildman–Crippen LogP) is 3.78. The highest BCUT2D eigenvalue weighted by molar-refractivity contribution is 6.31. The summed E-state index contributed by atoms with van der Waals surface area (Å²) in [6.07, 6.45) is -3.62. The predicted molar refractivity (Wildman–Crippen MR) is 78.3 cm³/mol. The summed E-state index contributed by atoms with van der Waals surface area (Å²) in [5, 5.41) is 5.82. The van der Waals surface area contributed by atoms with Crippen LogP contribution in [0.15, 0.2) is 24.4 Å². The van der Waals surface area contributed by atoms with Crippen LogP contribution in [0.3, 0.4) is 0 Å². The Balaban J connectivity index is 2.64. The first-order valence-corrected chi connectivity index (χ1v) is 6.50. The zero-order valence-electron chi connectivity index (χ0n) is 11.6. The lowest BCUT2D eigenvalue weighted by Crippen LogP contribution is -2.18. The molecule has 0 saturated carbocycles. The summed E-state index contributed by atoms with van der Waals surface area (Å²) in [5.41, 5.74) is 0.273. The lowest BCUT2D eigenvalue weighted by molar-refractivity contribution is -0.274. The molecule has 2 rings (SSSR count). The van der Waals surface area contributed by atoms with Crippen LogP contribution in [-0.4, -0.2) is 30.4 Å². The Morgan fingerprint density at radius 2 is 1.91 bits per heavy atom. The first-order chi connectivity index (χ1) is 10.3. The number of ether oxygens (including phenoxy) is 1. The largest absolute Gasteiger partial charge is 0.573 e. The van der Waals surface area contributed by atoms with Crippen molar-refractivity contribution >= 4 is 23.2 Å². The Kier molecular flexibility index (Phi) is 4.60. The minimum Gasteiger partial charge on any atom is -0.405 e. The van der Waals surface area contributed by atoms with Gasteiger partial charge in [0.15, 0.2) is 0 Å². The molecule has 0 saturated heterocycles. The molecule has 22 heavy (non-hydrogen) atoms. The van der Waals surface area contributed by atoms with E-state index in [0.717, 1.165) is 6.07 Å². The molecule has 0 aromatic carbocycles. The SMILES string of the molecule is CNc1cc(Cl)cc(-c2c(OC(F)(F)F)ccnc2NC)n1. The van der Waals surface area contributed by atoms with Gasteiger partial charge in [-0.25, -0.2) is 9.97 Å². The Morgan fingerprint density at radius 1 is 1.18 bits per heavy atom. The van der Waals surface area contributed by atoms with Gasteiger partial charge in [-0.3, -0.25) is 0 Å². The number of nitrogens with zero attached hydrogens (tertiary/aromatic N) is 2. The highest BCUT2D eigenvalue weighted by atomic mass is 35.5. The quantitative estimate of drug-likeness (QED) is 0.892. The molecule has 0 spiro atoms. The van der Waals surface area contributed by atoms with Crippen molar-refractivity contribution in [3.63, 3.8) is 0 Å². The molecule has 0 radical (unpaired) electrons. The summed E-state index contributed by atoms with van der Waals surface area (Å²) in [6, 6.07) is 4.10. The van der Waals surface area contributed by atoms with Crippen LogP contribution in [0.5, 0.6) is 5.75 Å². The molecule has 9 heteroatoms. The van der Waals surface area contributed by atoms with Gasteiger partial charge < -0.3 is 15.4 Å². The van der Waals surface area contributed by atoms with E-state index in [1.807, 2.05) is 0 Å². The number of anilines is 2. The van der Waals surface area contributed by atoms with E-state index >= 15 is 0 Å². The van der Waals surface area contributed by atoms with Gasteiger partial charge in [-0.15, -0.1) is 13.2 Å². The average Bonchev–Trinajstić information content (AvgIpc) is 2.44. The van der Waals surface area contributed by atoms with Crippen LogP contribution in [0, 0.1) is 0 Å². The Morgan fingerprint density at radius 3 is 2.50 bits per heavy atom. The fourth-order valence-corrected chi connectivity index (χ4v) is 2.05. The second-order valence-electron chi connectivity index (χ2n) is 4.14. The van der Waals surface area contributed by atoms with Crippen LogP contribution in [0.1, 0.15) is 0 Å². The second-order valence-corrected chi connectivity index (χ2v) is 4.57. The Bertz CT molecular complexity index is 679. The van der Waals surface area contributed by atoms with Crippen molar-refractivity contribution < 1.29 is 17.9 Å². The third-order valence-electron chi connectivity index (χ3n) is 2.68. The second kappa shape index (κ2) is 6.27. The van der Waals surface area contributed by atoms with Crippen LogP contribution in [0.4, 0.5) is 24.8 Å². The van der Waals surface area contributed by atoms with Crippen LogP contribution in [0.25, 0.3) is 11.3 Å². The monoisotopic (exact) mass is 332 g/mol. The van der Waals surface area contributed by atoms with Crippen LogP contribution >= 0.6 is 11.6 Å². The number of nitrogens with one attached hydrogen (secondary N) is 2. The molecule has 2 aromatic heterocycles. The fraction of sp³-hybridized carbons (Fsp3) is 0.231. The van der Waals surface area contributed by atoms with Gasteiger partial charge in [0.1, 0.15) is 17.4 Å². The van der Waals surface area contributed by atoms with E-state index < -0.39 is 12.1 Å². The molecular formula is C13H12ClF3N4O. The summed E-state index contributed by atoms with van der Waals surface area (Å²) >= 11 is 5.98. The van der Waals surface area contributed by atoms with E-state index in [1.54, 1.807) is 13.1 Å². The molecule has 0 aliphatic rings. The summed E-state index contributed by atoms with van der Waals surface area (Å²) in [7, 11) is 3.16. The topological polar surface area (TPSA) is 59.1 Å². The van der Waals surface area contributed by atoms with Gasteiger partial charge in [0.05, 0.1) is 11.3 Å². The molecule has 0 bridgehead atoms. The van der Waals surface area contributed by atoms with E-state index in [9.17, 15) is 13.2 Å². The minimum atomic E-state index is -4.83. The number of halogens is 4. The normalized spacial score (nSPS) is 11.2. The molecule has 0 atom stereocenters. The molecular weight excluding hydrogens is 321 g/mol. The van der Waals surface area contributed by atoms with Crippen molar-refractivity contribution in [2.75, 3.05) is 24.7 Å². The van der Waals surface area contributed by atoms with Gasteiger partial charge in [0.2, 0.25) is 0 Å². The van der Waals surface area contributed by atoms with Crippen molar-refractivity contribution in [3.05, 3.63) is 29.4 Å². The lowest BCUT2D eigenvalue weighted by Gasteiger charge is -2.16. The number of aromatic nitrogens is 2.